The van der Waals surface area contributed by atoms with Gasteiger partial charge in [0, 0.05) is 5.75 Å². The van der Waals surface area contributed by atoms with E-state index in [1.54, 1.807) is 0 Å². The van der Waals surface area contributed by atoms with Gasteiger partial charge in [-0.1, -0.05) is 89.1 Å². The van der Waals surface area contributed by atoms with Crippen molar-refractivity contribution in [2.75, 3.05) is 11.5 Å². The van der Waals surface area contributed by atoms with Crippen molar-refractivity contribution in [1.29, 1.82) is 0 Å². The predicted molar refractivity (Wildman–Crippen MR) is 111 cm³/mol. The number of hydrogen-bond donors (Lipinski definition) is 1. The van der Waals surface area contributed by atoms with Gasteiger partial charge in [0.25, 0.3) is 0 Å². The number of carbonyl (C=O) groups is 1. The van der Waals surface area contributed by atoms with Crippen LogP contribution in [0, 0.1) is 5.92 Å². The highest BCUT2D eigenvalue weighted by Gasteiger charge is 2.35. The topological polar surface area (TPSA) is 37.3 Å². The van der Waals surface area contributed by atoms with Gasteiger partial charge in [0.2, 0.25) is 0 Å². The van der Waals surface area contributed by atoms with Gasteiger partial charge in [-0.2, -0.15) is 11.8 Å². The van der Waals surface area contributed by atoms with Gasteiger partial charge < -0.3 is 5.11 Å². The lowest BCUT2D eigenvalue weighted by Crippen LogP contribution is -2.35. The first kappa shape index (κ1) is 22.1. The molecule has 25 heavy (non-hydrogen) atoms. The fraction of sp³-hybridized carbons (Fsp3) is 0.682. The van der Waals surface area contributed by atoms with Crippen molar-refractivity contribution in [2.45, 2.75) is 77.6 Å². The van der Waals surface area contributed by atoms with E-state index in [1.807, 2.05) is 49.0 Å². The second-order valence-corrected chi connectivity index (χ2v) is 8.38. The van der Waals surface area contributed by atoms with Gasteiger partial charge in [-0.25, -0.2) is 0 Å². The number of benzene rings is 1. The average Bonchev–Trinajstić information content (AvgIpc) is 2.63. The molecule has 2 atom stereocenters. The van der Waals surface area contributed by atoms with E-state index in [-0.39, 0.29) is 0 Å². The molecule has 0 aromatic heterocycles. The van der Waals surface area contributed by atoms with E-state index in [9.17, 15) is 9.90 Å². The van der Waals surface area contributed by atoms with E-state index < -0.39 is 11.4 Å². The van der Waals surface area contributed by atoms with Crippen LogP contribution in [-0.2, 0) is 10.2 Å². The summed E-state index contributed by atoms with van der Waals surface area (Å²) < 4.78 is 0. The van der Waals surface area contributed by atoms with Crippen molar-refractivity contribution in [3.63, 3.8) is 0 Å². The van der Waals surface area contributed by atoms with Crippen LogP contribution in [0.3, 0.4) is 0 Å². The van der Waals surface area contributed by atoms with Crippen molar-refractivity contribution in [1.82, 2.24) is 0 Å². The highest BCUT2D eigenvalue weighted by Crippen LogP contribution is 2.30. The first-order valence-electron chi connectivity index (χ1n) is 9.91. The smallest absolute Gasteiger partial charge is 0.314 e. The number of carboxylic acid groups (broad SMARTS) is 1. The summed E-state index contributed by atoms with van der Waals surface area (Å²) >= 11 is 1.81. The third kappa shape index (κ3) is 7.85. The highest BCUT2D eigenvalue weighted by molar-refractivity contribution is 7.99. The summed E-state index contributed by atoms with van der Waals surface area (Å²) in [5.41, 5.74) is 0.101. The average molecular weight is 365 g/mol. The van der Waals surface area contributed by atoms with Gasteiger partial charge in [0.05, 0.1) is 5.41 Å². The summed E-state index contributed by atoms with van der Waals surface area (Å²) in [6, 6.07) is 9.65. The Kier molecular flexibility index (Phi) is 11.0. The molecule has 2 unspecified atom stereocenters. The Bertz CT molecular complexity index is 474. The zero-order chi connectivity index (χ0) is 18.5. The second-order valence-electron chi connectivity index (χ2n) is 7.35. The summed E-state index contributed by atoms with van der Waals surface area (Å²) in [4.78, 5) is 11.9. The fourth-order valence-corrected chi connectivity index (χ4v) is 4.67. The van der Waals surface area contributed by atoms with E-state index in [0.717, 1.165) is 11.3 Å². The highest BCUT2D eigenvalue weighted by atomic mass is 32.2. The quantitative estimate of drug-likeness (QED) is 0.381. The van der Waals surface area contributed by atoms with Crippen LogP contribution < -0.4 is 0 Å². The van der Waals surface area contributed by atoms with E-state index in [4.69, 9.17) is 0 Å². The lowest BCUT2D eigenvalue weighted by atomic mass is 9.85. The number of unbranched alkanes of at least 4 members (excludes halogenated alkanes) is 5. The SMILES string of the molecule is CCCCCCCCC(CC)CSCC(C)(C(=O)O)c1ccccc1. The van der Waals surface area contributed by atoms with Crippen LogP contribution in [-0.4, -0.2) is 22.6 Å². The van der Waals surface area contributed by atoms with Gasteiger partial charge in [0.1, 0.15) is 0 Å². The molecule has 142 valence electrons. The van der Waals surface area contributed by atoms with Crippen molar-refractivity contribution >= 4 is 17.7 Å². The molecule has 3 heteroatoms. The van der Waals surface area contributed by atoms with Gasteiger partial charge in [-0.15, -0.1) is 0 Å². The van der Waals surface area contributed by atoms with E-state index in [0.29, 0.717) is 11.7 Å². The molecule has 0 spiro atoms. The van der Waals surface area contributed by atoms with E-state index in [2.05, 4.69) is 13.8 Å². The van der Waals surface area contributed by atoms with Crippen LogP contribution in [0.5, 0.6) is 0 Å². The predicted octanol–water partition coefficient (Wildman–Crippen LogP) is 6.54. The first-order valence-corrected chi connectivity index (χ1v) is 11.1. The Labute approximate surface area is 158 Å². The molecule has 0 aliphatic heterocycles. The molecule has 1 N–H and O–H groups in total. The van der Waals surface area contributed by atoms with Crippen LogP contribution in [0.15, 0.2) is 30.3 Å². The Morgan fingerprint density at radius 3 is 2.32 bits per heavy atom. The number of thioether (sulfide) groups is 1. The minimum absolute atomic E-state index is 0.638. The monoisotopic (exact) mass is 364 g/mol. The van der Waals surface area contributed by atoms with Crippen LogP contribution in [0.25, 0.3) is 0 Å². The maximum Gasteiger partial charge on any atom is 0.314 e. The Morgan fingerprint density at radius 1 is 1.08 bits per heavy atom. The lowest BCUT2D eigenvalue weighted by molar-refractivity contribution is -0.142. The molecule has 2 nitrogen and oxygen atoms in total. The fourth-order valence-electron chi connectivity index (χ4n) is 3.12. The second kappa shape index (κ2) is 12.4. The molecule has 1 rings (SSSR count). The van der Waals surface area contributed by atoms with Crippen LogP contribution in [0.1, 0.15) is 77.7 Å². The molecular formula is C22H36O2S. The molecule has 0 heterocycles. The molecule has 0 fully saturated rings. The third-order valence-corrected chi connectivity index (χ3v) is 6.66. The minimum atomic E-state index is -0.801. The minimum Gasteiger partial charge on any atom is -0.481 e. The summed E-state index contributed by atoms with van der Waals surface area (Å²) in [6.07, 6.45) is 10.5. The number of aliphatic carboxylic acids is 1. The Balaban J connectivity index is 2.40. The van der Waals surface area contributed by atoms with Gasteiger partial charge in [-0.3, -0.25) is 4.79 Å². The van der Waals surface area contributed by atoms with E-state index >= 15 is 0 Å². The number of carboxylic acids is 1. The van der Waals surface area contributed by atoms with Gasteiger partial charge in [-0.05, 0) is 30.6 Å². The summed E-state index contributed by atoms with van der Waals surface area (Å²) in [6.45, 7) is 6.37. The summed E-state index contributed by atoms with van der Waals surface area (Å²) in [5, 5.41) is 9.74. The number of rotatable bonds is 14. The molecule has 0 radical (unpaired) electrons. The Morgan fingerprint density at radius 2 is 1.72 bits per heavy atom. The van der Waals surface area contributed by atoms with Crippen LogP contribution >= 0.6 is 11.8 Å². The normalized spacial score (nSPS) is 14.8. The molecule has 0 amide bonds. The molecule has 0 bridgehead atoms. The molecular weight excluding hydrogens is 328 g/mol. The maximum atomic E-state index is 11.9. The van der Waals surface area contributed by atoms with Gasteiger partial charge >= 0.3 is 5.97 Å². The van der Waals surface area contributed by atoms with Crippen LogP contribution in [0.4, 0.5) is 0 Å². The third-order valence-electron chi connectivity index (χ3n) is 5.17. The molecule has 0 saturated carbocycles. The van der Waals surface area contributed by atoms with E-state index in [1.165, 1.54) is 51.4 Å². The molecule has 0 saturated heterocycles. The van der Waals surface area contributed by atoms with Crippen molar-refractivity contribution < 1.29 is 9.90 Å². The lowest BCUT2D eigenvalue weighted by Gasteiger charge is -2.26. The van der Waals surface area contributed by atoms with Crippen molar-refractivity contribution in [3.05, 3.63) is 35.9 Å². The molecule has 0 aliphatic rings. The molecule has 1 aromatic rings. The zero-order valence-electron chi connectivity index (χ0n) is 16.3. The maximum absolute atomic E-state index is 11.9. The van der Waals surface area contributed by atoms with Crippen molar-refractivity contribution in [2.24, 2.45) is 5.92 Å². The molecule has 0 aliphatic carbocycles. The Hall–Kier alpha value is -0.960. The van der Waals surface area contributed by atoms with Gasteiger partial charge in [0.15, 0.2) is 0 Å². The number of hydrogen-bond acceptors (Lipinski definition) is 2. The summed E-state index contributed by atoms with van der Waals surface area (Å²) in [5.74, 6) is 1.70. The zero-order valence-corrected chi connectivity index (χ0v) is 17.1. The first-order chi connectivity index (χ1) is 12.0. The van der Waals surface area contributed by atoms with Crippen molar-refractivity contribution in [3.8, 4) is 0 Å². The molecule has 1 aromatic carbocycles. The standard InChI is InChI=1S/C22H36O2S/c1-4-6-7-8-9-11-14-19(5-2)17-25-18-22(3,21(23)24)20-15-12-10-13-16-20/h10,12-13,15-16,19H,4-9,11,14,17-18H2,1-3H3,(H,23,24). The largest absolute Gasteiger partial charge is 0.481 e. The summed E-state index contributed by atoms with van der Waals surface area (Å²) in [7, 11) is 0. The van der Waals surface area contributed by atoms with Crippen LogP contribution in [0.2, 0.25) is 0 Å².